The van der Waals surface area contributed by atoms with Crippen molar-refractivity contribution >= 4 is 24.6 Å². The van der Waals surface area contributed by atoms with E-state index in [0.29, 0.717) is 13.2 Å². The molecule has 0 fully saturated rings. The fourth-order valence-electron chi connectivity index (χ4n) is 0.619. The van der Waals surface area contributed by atoms with Crippen LogP contribution in [0.5, 0.6) is 0 Å². The summed E-state index contributed by atoms with van der Waals surface area (Å²) in [5, 5.41) is 15.7. The maximum Gasteiger partial charge on any atom is 0.508 e. The quantitative estimate of drug-likeness (QED) is 0.417. The molecule has 0 spiro atoms. The second-order valence-electron chi connectivity index (χ2n) is 3.00. The van der Waals surface area contributed by atoms with Crippen LogP contribution in [0.15, 0.2) is 0 Å². The lowest BCUT2D eigenvalue weighted by Gasteiger charge is -1.98. The van der Waals surface area contributed by atoms with E-state index in [9.17, 15) is 19.2 Å². The van der Waals surface area contributed by atoms with Gasteiger partial charge in [-0.15, -0.1) is 0 Å². The van der Waals surface area contributed by atoms with Gasteiger partial charge in [-0.25, -0.2) is 19.2 Å². The smallest absolute Gasteiger partial charge is 0.450 e. The Morgan fingerprint density at radius 3 is 1.17 bits per heavy atom. The zero-order valence-electron chi connectivity index (χ0n) is 13.8. The van der Waals surface area contributed by atoms with Crippen LogP contribution in [-0.2, 0) is 28.4 Å². The van der Waals surface area contributed by atoms with E-state index < -0.39 is 24.6 Å². The molecule has 0 heterocycles. The molecule has 0 rings (SSSR count). The lowest BCUT2D eigenvalue weighted by atomic mass is 10.8. The zero-order valence-corrected chi connectivity index (χ0v) is 13.8. The summed E-state index contributed by atoms with van der Waals surface area (Å²) in [6, 6.07) is 0. The number of carbonyl (C=O) groups is 4. The van der Waals surface area contributed by atoms with E-state index in [2.05, 4.69) is 28.4 Å². The van der Waals surface area contributed by atoms with Crippen molar-refractivity contribution in [2.24, 2.45) is 0 Å². The van der Waals surface area contributed by atoms with Gasteiger partial charge < -0.3 is 38.6 Å². The summed E-state index contributed by atoms with van der Waals surface area (Å²) >= 11 is 0. The molecule has 0 saturated heterocycles. The van der Waals surface area contributed by atoms with E-state index in [1.807, 2.05) is 0 Å². The Hall–Kier alpha value is -2.92. The van der Waals surface area contributed by atoms with Crippen LogP contribution in [0, 0.1) is 0 Å². The van der Waals surface area contributed by atoms with Gasteiger partial charge in [0, 0.05) is 0 Å². The molecule has 0 amide bonds. The molecule has 0 atom stereocenters. The van der Waals surface area contributed by atoms with Crippen molar-refractivity contribution in [3.63, 3.8) is 0 Å². The summed E-state index contributed by atoms with van der Waals surface area (Å²) in [4.78, 5) is 39.2. The van der Waals surface area contributed by atoms with Crippen LogP contribution < -0.4 is 0 Å². The number of hydrogen-bond donors (Lipinski definition) is 2. The van der Waals surface area contributed by atoms with Gasteiger partial charge in [0.15, 0.2) is 0 Å². The van der Waals surface area contributed by atoms with Gasteiger partial charge in [0.1, 0.15) is 13.2 Å². The lowest BCUT2D eigenvalue weighted by molar-refractivity contribution is 0.0472. The predicted molar refractivity (Wildman–Crippen MR) is 76.0 cm³/mol. The van der Waals surface area contributed by atoms with Crippen LogP contribution in [0.25, 0.3) is 0 Å². The van der Waals surface area contributed by atoms with Crippen LogP contribution >= 0.6 is 0 Å². The van der Waals surface area contributed by atoms with Gasteiger partial charge >= 0.3 is 24.6 Å². The topological polar surface area (TPSA) is 164 Å². The summed E-state index contributed by atoms with van der Waals surface area (Å²) in [5.74, 6) is 0. The van der Waals surface area contributed by atoms with E-state index in [1.165, 1.54) is 14.2 Å². The molecule has 0 radical (unpaired) electrons. The molecular formula is C12H22O12. The molecule has 0 aliphatic heterocycles. The van der Waals surface area contributed by atoms with Crippen molar-refractivity contribution in [1.82, 2.24) is 0 Å². The molecule has 12 nitrogen and oxygen atoms in total. The number of carbonyl (C=O) groups excluding carboxylic acids is 2. The van der Waals surface area contributed by atoms with Gasteiger partial charge in [-0.05, 0) is 13.8 Å². The van der Waals surface area contributed by atoms with E-state index in [-0.39, 0.29) is 13.2 Å². The Kier molecular flexibility index (Phi) is 21.8. The Morgan fingerprint density at radius 1 is 0.667 bits per heavy atom. The summed E-state index contributed by atoms with van der Waals surface area (Å²) in [7, 11) is 2.51. The fourth-order valence-corrected chi connectivity index (χ4v) is 0.619. The summed E-state index contributed by atoms with van der Waals surface area (Å²) in [5.41, 5.74) is 0. The average molecular weight is 358 g/mol. The largest absolute Gasteiger partial charge is 0.508 e. The highest BCUT2D eigenvalue weighted by molar-refractivity contribution is 5.59. The maximum atomic E-state index is 10.2. The summed E-state index contributed by atoms with van der Waals surface area (Å²) in [6.45, 7) is 3.66. The van der Waals surface area contributed by atoms with Crippen molar-refractivity contribution in [2.75, 3.05) is 40.6 Å². The molecule has 24 heavy (non-hydrogen) atoms. The first-order chi connectivity index (χ1) is 11.2. The molecule has 0 aromatic heterocycles. The number of rotatable bonds is 5. The summed E-state index contributed by atoms with van der Waals surface area (Å²) < 4.78 is 24.8. The SMILES string of the molecule is CCOC(=O)OCC.COC(=O)OC.O=C(O)OCCOC(=O)O. The van der Waals surface area contributed by atoms with Crippen LogP contribution in [0.2, 0.25) is 0 Å². The Balaban J connectivity index is -0.000000285. The van der Waals surface area contributed by atoms with E-state index >= 15 is 0 Å². The zero-order chi connectivity index (χ0) is 19.4. The first-order valence-corrected chi connectivity index (χ1v) is 6.37. The second-order valence-corrected chi connectivity index (χ2v) is 3.00. The van der Waals surface area contributed by atoms with Gasteiger partial charge in [-0.1, -0.05) is 0 Å². The first-order valence-electron chi connectivity index (χ1n) is 6.37. The molecule has 0 aliphatic rings. The fraction of sp³-hybridized carbons (Fsp3) is 0.667. The molecule has 12 heteroatoms. The maximum absolute atomic E-state index is 10.2. The van der Waals surface area contributed by atoms with Crippen LogP contribution in [0.1, 0.15) is 13.8 Å². The molecule has 0 bridgehead atoms. The highest BCUT2D eigenvalue weighted by Gasteiger charge is 1.98. The van der Waals surface area contributed by atoms with E-state index in [1.54, 1.807) is 13.8 Å². The van der Waals surface area contributed by atoms with E-state index in [4.69, 9.17) is 10.2 Å². The minimum Gasteiger partial charge on any atom is -0.450 e. The van der Waals surface area contributed by atoms with Crippen molar-refractivity contribution in [2.45, 2.75) is 13.8 Å². The highest BCUT2D eigenvalue weighted by Crippen LogP contribution is 1.82. The van der Waals surface area contributed by atoms with Crippen molar-refractivity contribution in [1.29, 1.82) is 0 Å². The first kappa shape index (κ1) is 26.0. The monoisotopic (exact) mass is 358 g/mol. The number of carboxylic acid groups (broad SMARTS) is 2. The molecule has 2 N–H and O–H groups in total. The third kappa shape index (κ3) is 31.5. The van der Waals surface area contributed by atoms with Gasteiger partial charge in [-0.3, -0.25) is 0 Å². The Bertz CT molecular complexity index is 324. The Labute approximate surface area is 138 Å². The number of methoxy groups -OCH3 is 2. The van der Waals surface area contributed by atoms with E-state index in [0.717, 1.165) is 0 Å². The lowest BCUT2D eigenvalue weighted by Crippen LogP contribution is -2.10. The molecule has 142 valence electrons. The highest BCUT2D eigenvalue weighted by atomic mass is 16.7. The molecule has 0 aromatic carbocycles. The van der Waals surface area contributed by atoms with Gasteiger partial charge in [-0.2, -0.15) is 0 Å². The van der Waals surface area contributed by atoms with Gasteiger partial charge in [0.25, 0.3) is 0 Å². The second kappa shape index (κ2) is 20.1. The number of hydrogen-bond acceptors (Lipinski definition) is 10. The molecule has 0 unspecified atom stereocenters. The summed E-state index contributed by atoms with van der Waals surface area (Å²) in [6.07, 6.45) is -4.15. The minimum atomic E-state index is -1.45. The normalized spacial score (nSPS) is 8.00. The molecule has 0 aromatic rings. The molecule has 0 aliphatic carbocycles. The van der Waals surface area contributed by atoms with Crippen molar-refractivity contribution in [3.05, 3.63) is 0 Å². The molecule has 0 saturated carbocycles. The van der Waals surface area contributed by atoms with Crippen LogP contribution in [0.4, 0.5) is 19.2 Å². The third-order valence-corrected chi connectivity index (χ3v) is 1.39. The average Bonchev–Trinajstić information content (AvgIpc) is 2.52. The Morgan fingerprint density at radius 2 is 1.00 bits per heavy atom. The van der Waals surface area contributed by atoms with Crippen LogP contribution in [-0.4, -0.2) is 75.5 Å². The van der Waals surface area contributed by atoms with Gasteiger partial charge in [0.05, 0.1) is 27.4 Å². The van der Waals surface area contributed by atoms with Gasteiger partial charge in [0.2, 0.25) is 0 Å². The number of ether oxygens (including phenoxy) is 6. The minimum absolute atomic E-state index is 0.276. The predicted octanol–water partition coefficient (Wildman–Crippen LogP) is 1.95. The van der Waals surface area contributed by atoms with Crippen molar-refractivity contribution in [3.8, 4) is 0 Å². The van der Waals surface area contributed by atoms with Crippen molar-refractivity contribution < 1.29 is 57.8 Å². The standard InChI is InChI=1S/C5H10O3.C4H6O6.C3H6O3/c1-3-7-5(6)8-4-2;5-3(6)9-1-2-10-4(7)8;1-5-3(4)6-2/h3-4H2,1-2H3;1-2H2,(H,5,6)(H,7,8);1-2H3. The van der Waals surface area contributed by atoms with Crippen LogP contribution in [0.3, 0.4) is 0 Å². The third-order valence-electron chi connectivity index (χ3n) is 1.39. The molecular weight excluding hydrogens is 336 g/mol.